The highest BCUT2D eigenvalue weighted by Crippen LogP contribution is 2.44. The average molecular weight is 361 g/mol. The van der Waals surface area contributed by atoms with E-state index in [1.165, 1.54) is 8.61 Å². The maximum atomic E-state index is 13.1. The van der Waals surface area contributed by atoms with Gasteiger partial charge in [0.2, 0.25) is 0 Å². The fraction of sp³-hybridized carbons (Fsp3) is 0.333. The van der Waals surface area contributed by atoms with Gasteiger partial charge in [-0.2, -0.15) is 8.42 Å². The molecule has 7 heteroatoms. The third-order valence-corrected chi connectivity index (χ3v) is 5.97. The fourth-order valence-electron chi connectivity index (χ4n) is 2.94. The Hall–Kier alpha value is -2.09. The standard InChI is InChI=1S/C18H23N3O3S/c1-2-19-14-16(22)12-13-20-17-10-6-7-11-18(17)21(25(20,23)24)15-8-4-3-5-9-15/h3-11,16,19,22H,2,12-14H2,1H3/t16-/m1/s1. The zero-order valence-electron chi connectivity index (χ0n) is 14.2. The molecule has 1 atom stereocenters. The van der Waals surface area contributed by atoms with Crippen LogP contribution in [0, 0.1) is 0 Å². The van der Waals surface area contributed by atoms with E-state index in [9.17, 15) is 13.5 Å². The zero-order valence-corrected chi connectivity index (χ0v) is 15.0. The molecule has 134 valence electrons. The van der Waals surface area contributed by atoms with Crippen LogP contribution in [0.5, 0.6) is 0 Å². The van der Waals surface area contributed by atoms with E-state index in [0.717, 1.165) is 6.54 Å². The van der Waals surface area contributed by atoms with Gasteiger partial charge in [-0.1, -0.05) is 37.3 Å². The second-order valence-corrected chi connectivity index (χ2v) is 7.62. The van der Waals surface area contributed by atoms with E-state index in [-0.39, 0.29) is 6.54 Å². The molecule has 0 unspecified atom stereocenters. The van der Waals surface area contributed by atoms with Gasteiger partial charge in [0, 0.05) is 13.1 Å². The van der Waals surface area contributed by atoms with Gasteiger partial charge in [-0.05, 0) is 37.2 Å². The third kappa shape index (κ3) is 3.49. The molecule has 2 N–H and O–H groups in total. The molecule has 1 heterocycles. The number of nitrogens with zero attached hydrogens (tertiary/aromatic N) is 2. The number of rotatable bonds is 7. The number of hydrogen-bond acceptors (Lipinski definition) is 4. The molecule has 1 aliphatic rings. The highest BCUT2D eigenvalue weighted by molar-refractivity contribution is 7.95. The van der Waals surface area contributed by atoms with Crippen molar-refractivity contribution in [2.45, 2.75) is 19.4 Å². The summed E-state index contributed by atoms with van der Waals surface area (Å²) in [5.41, 5.74) is 1.88. The minimum Gasteiger partial charge on any atom is -0.392 e. The first-order valence-corrected chi connectivity index (χ1v) is 9.81. The monoisotopic (exact) mass is 361 g/mol. The van der Waals surface area contributed by atoms with E-state index in [1.807, 2.05) is 37.3 Å². The topological polar surface area (TPSA) is 72.9 Å². The van der Waals surface area contributed by atoms with Crippen molar-refractivity contribution in [2.75, 3.05) is 28.2 Å². The Morgan fingerprint density at radius 3 is 2.36 bits per heavy atom. The first kappa shape index (κ1) is 17.7. The van der Waals surface area contributed by atoms with E-state index < -0.39 is 16.3 Å². The zero-order chi connectivity index (χ0) is 17.9. The predicted molar refractivity (Wildman–Crippen MR) is 100 cm³/mol. The van der Waals surface area contributed by atoms with E-state index in [1.54, 1.807) is 24.3 Å². The largest absolute Gasteiger partial charge is 0.392 e. The Bertz CT molecular complexity index is 811. The summed E-state index contributed by atoms with van der Waals surface area (Å²) in [5.74, 6) is 0. The lowest BCUT2D eigenvalue weighted by molar-refractivity contribution is 0.165. The molecule has 1 aliphatic heterocycles. The molecule has 6 nitrogen and oxygen atoms in total. The van der Waals surface area contributed by atoms with Crippen LogP contribution in [-0.4, -0.2) is 39.3 Å². The lowest BCUT2D eigenvalue weighted by Gasteiger charge is -2.22. The van der Waals surface area contributed by atoms with Crippen LogP contribution in [0.4, 0.5) is 17.1 Å². The van der Waals surface area contributed by atoms with Gasteiger partial charge in [0.15, 0.2) is 0 Å². The van der Waals surface area contributed by atoms with Crippen molar-refractivity contribution in [3.8, 4) is 0 Å². The number of hydrogen-bond donors (Lipinski definition) is 2. The van der Waals surface area contributed by atoms with E-state index >= 15 is 0 Å². The quantitative estimate of drug-likeness (QED) is 0.793. The molecule has 0 spiro atoms. The van der Waals surface area contributed by atoms with Crippen LogP contribution in [0.2, 0.25) is 0 Å². The van der Waals surface area contributed by atoms with Crippen molar-refractivity contribution in [2.24, 2.45) is 0 Å². The van der Waals surface area contributed by atoms with Gasteiger partial charge in [0.1, 0.15) is 0 Å². The summed E-state index contributed by atoms with van der Waals surface area (Å²) in [4.78, 5) is 0. The van der Waals surface area contributed by atoms with Crippen molar-refractivity contribution in [1.29, 1.82) is 0 Å². The number of nitrogens with one attached hydrogen (secondary N) is 1. The van der Waals surface area contributed by atoms with Crippen molar-refractivity contribution in [1.82, 2.24) is 5.32 Å². The first-order valence-electron chi connectivity index (χ1n) is 8.41. The molecule has 0 aliphatic carbocycles. The molecule has 25 heavy (non-hydrogen) atoms. The molecule has 0 fully saturated rings. The molecular formula is C18H23N3O3S. The average Bonchev–Trinajstić information content (AvgIpc) is 2.84. The van der Waals surface area contributed by atoms with Crippen LogP contribution < -0.4 is 13.9 Å². The fourth-order valence-corrected chi connectivity index (χ4v) is 4.67. The van der Waals surface area contributed by atoms with E-state index in [0.29, 0.717) is 30.0 Å². The lowest BCUT2D eigenvalue weighted by atomic mass is 10.2. The van der Waals surface area contributed by atoms with Crippen molar-refractivity contribution < 1.29 is 13.5 Å². The minimum absolute atomic E-state index is 0.231. The van der Waals surface area contributed by atoms with Gasteiger partial charge in [0.25, 0.3) is 0 Å². The maximum Gasteiger partial charge on any atom is 0.330 e. The number of benzene rings is 2. The van der Waals surface area contributed by atoms with E-state index in [4.69, 9.17) is 0 Å². The van der Waals surface area contributed by atoms with Gasteiger partial charge >= 0.3 is 10.2 Å². The lowest BCUT2D eigenvalue weighted by Crippen LogP contribution is -2.38. The maximum absolute atomic E-state index is 13.1. The third-order valence-electron chi connectivity index (χ3n) is 4.16. The predicted octanol–water partition coefficient (Wildman–Crippen LogP) is 2.25. The van der Waals surface area contributed by atoms with Crippen LogP contribution in [0.3, 0.4) is 0 Å². The molecule has 0 aromatic heterocycles. The number of aliphatic hydroxyl groups excluding tert-OH is 1. The molecule has 0 bridgehead atoms. The van der Waals surface area contributed by atoms with Crippen LogP contribution >= 0.6 is 0 Å². The first-order chi connectivity index (χ1) is 12.1. The Morgan fingerprint density at radius 1 is 1.04 bits per heavy atom. The summed E-state index contributed by atoms with van der Waals surface area (Å²) in [6.45, 7) is 3.42. The second kappa shape index (κ2) is 7.43. The summed E-state index contributed by atoms with van der Waals surface area (Å²) in [6, 6.07) is 16.3. The van der Waals surface area contributed by atoms with Gasteiger partial charge < -0.3 is 10.4 Å². The SMILES string of the molecule is CCNC[C@H](O)CCN1c2ccccc2N(c2ccccc2)S1(=O)=O. The molecule has 0 amide bonds. The molecule has 0 radical (unpaired) electrons. The highest BCUT2D eigenvalue weighted by atomic mass is 32.2. The summed E-state index contributed by atoms with van der Waals surface area (Å²) in [7, 11) is -3.72. The summed E-state index contributed by atoms with van der Waals surface area (Å²) < 4.78 is 29.0. The highest BCUT2D eigenvalue weighted by Gasteiger charge is 2.40. The van der Waals surface area contributed by atoms with Gasteiger partial charge in [-0.15, -0.1) is 0 Å². The number of aliphatic hydroxyl groups is 1. The number of likely N-dealkylation sites (N-methyl/N-ethyl adjacent to an activating group) is 1. The van der Waals surface area contributed by atoms with Crippen molar-refractivity contribution in [3.05, 3.63) is 54.6 Å². The smallest absolute Gasteiger partial charge is 0.330 e. The Morgan fingerprint density at radius 2 is 1.68 bits per heavy atom. The van der Waals surface area contributed by atoms with Crippen LogP contribution in [0.15, 0.2) is 54.6 Å². The van der Waals surface area contributed by atoms with Crippen LogP contribution in [0.1, 0.15) is 13.3 Å². The number of fused-ring (bicyclic) bond motifs is 1. The summed E-state index contributed by atoms with van der Waals surface area (Å²) >= 11 is 0. The minimum atomic E-state index is -3.72. The number of anilines is 3. The van der Waals surface area contributed by atoms with Crippen molar-refractivity contribution >= 4 is 27.3 Å². The van der Waals surface area contributed by atoms with Crippen LogP contribution in [0.25, 0.3) is 0 Å². The summed E-state index contributed by atoms with van der Waals surface area (Å²) in [5, 5.41) is 13.1. The molecule has 0 saturated carbocycles. The van der Waals surface area contributed by atoms with Gasteiger partial charge in [-0.3, -0.25) is 4.31 Å². The molecule has 3 rings (SSSR count). The Kier molecular flexibility index (Phi) is 5.27. The van der Waals surface area contributed by atoms with Crippen molar-refractivity contribution in [3.63, 3.8) is 0 Å². The van der Waals surface area contributed by atoms with Gasteiger partial charge in [-0.25, -0.2) is 4.31 Å². The molecule has 2 aromatic rings. The normalized spacial score (nSPS) is 16.7. The summed E-state index contributed by atoms with van der Waals surface area (Å²) in [6.07, 6.45) is -0.225. The number of para-hydroxylation sites is 3. The van der Waals surface area contributed by atoms with E-state index in [2.05, 4.69) is 5.32 Å². The molecule has 2 aromatic carbocycles. The second-order valence-electron chi connectivity index (χ2n) is 5.92. The van der Waals surface area contributed by atoms with Crippen LogP contribution in [-0.2, 0) is 10.2 Å². The molecular weight excluding hydrogens is 338 g/mol. The Labute approximate surface area is 148 Å². The Balaban J connectivity index is 1.90. The van der Waals surface area contributed by atoms with Gasteiger partial charge in [0.05, 0.1) is 23.2 Å². The molecule has 0 saturated heterocycles.